The average molecular weight is 561 g/mol. The molecule has 2 aromatic carbocycles. The molecule has 1 amide bonds. The first-order chi connectivity index (χ1) is 16.8. The predicted molar refractivity (Wildman–Crippen MR) is 133 cm³/mol. The van der Waals surface area contributed by atoms with E-state index in [0.29, 0.717) is 15.8 Å². The third kappa shape index (κ3) is 10.1. The molecule has 0 aliphatic heterocycles. The van der Waals surface area contributed by atoms with Crippen molar-refractivity contribution in [3.8, 4) is 0 Å². The Morgan fingerprint density at radius 3 is 2.06 bits per heavy atom. The van der Waals surface area contributed by atoms with Crippen LogP contribution >= 0.6 is 35.1 Å². The number of carboxylic acids is 1. The van der Waals surface area contributed by atoms with E-state index >= 15 is 0 Å². The van der Waals surface area contributed by atoms with Gasteiger partial charge >= 0.3 is 6.18 Å². The minimum Gasteiger partial charge on any atom is -0.542 e. The van der Waals surface area contributed by atoms with Crippen molar-refractivity contribution in [2.24, 2.45) is 0 Å². The highest BCUT2D eigenvalue weighted by Gasteiger charge is 2.28. The number of nitrogens with zero attached hydrogens (tertiary/aromatic N) is 2. The van der Waals surface area contributed by atoms with E-state index in [4.69, 9.17) is 33.1 Å². The zero-order valence-electron chi connectivity index (χ0n) is 19.3. The van der Waals surface area contributed by atoms with Crippen molar-refractivity contribution in [3.05, 3.63) is 87.7 Å². The quantitative estimate of drug-likeness (QED) is 0.426. The van der Waals surface area contributed by atoms with Gasteiger partial charge in [-0.2, -0.15) is 18.3 Å². The average Bonchev–Trinajstić information content (AvgIpc) is 3.23. The minimum atomic E-state index is -5.19. The van der Waals surface area contributed by atoms with Gasteiger partial charge in [0.25, 0.3) is 0 Å². The standard InChI is InChI=1S/C22H23Cl2N3OS.C2HF3O2/c1-15-11-12-27(26-15)29-14-22(28)25-16(2)21(18-5-9-20(24)10-6-18)13-17-3-7-19(23)8-4-17;3-2(4,5)1(6)7/h3-12,16,21H,13-14H2,1-2H3,(H,25,28);(H,6,7)/p-1/t16-,21+;/m1./s1. The number of alkyl halides is 3. The van der Waals surface area contributed by atoms with Gasteiger partial charge in [-0.15, -0.1) is 0 Å². The monoisotopic (exact) mass is 560 g/mol. The number of amides is 1. The van der Waals surface area contributed by atoms with Crippen LogP contribution in [-0.2, 0) is 16.0 Å². The zero-order valence-corrected chi connectivity index (χ0v) is 21.6. The molecule has 0 spiro atoms. The van der Waals surface area contributed by atoms with Crippen LogP contribution in [0.2, 0.25) is 10.0 Å². The molecule has 3 aromatic rings. The fourth-order valence-electron chi connectivity index (χ4n) is 3.15. The summed E-state index contributed by atoms with van der Waals surface area (Å²) in [6.45, 7) is 3.96. The molecule has 194 valence electrons. The number of aliphatic carboxylic acids is 1. The lowest BCUT2D eigenvalue weighted by molar-refractivity contribution is -0.344. The Bertz CT molecular complexity index is 1140. The molecule has 0 radical (unpaired) electrons. The maximum Gasteiger partial charge on any atom is 0.430 e. The number of aryl methyl sites for hydroxylation is 1. The Labute approximate surface area is 220 Å². The first kappa shape index (κ1) is 29.5. The second-order valence-corrected chi connectivity index (χ2v) is 9.56. The molecule has 0 aliphatic carbocycles. The van der Waals surface area contributed by atoms with Crippen molar-refractivity contribution < 1.29 is 27.9 Å². The van der Waals surface area contributed by atoms with Gasteiger partial charge in [0, 0.05) is 28.2 Å². The first-order valence-electron chi connectivity index (χ1n) is 10.6. The van der Waals surface area contributed by atoms with Gasteiger partial charge in [0.1, 0.15) is 5.97 Å². The van der Waals surface area contributed by atoms with Crippen molar-refractivity contribution in [3.63, 3.8) is 0 Å². The van der Waals surface area contributed by atoms with Crippen LogP contribution in [0.4, 0.5) is 13.2 Å². The smallest absolute Gasteiger partial charge is 0.430 e. The van der Waals surface area contributed by atoms with E-state index in [1.165, 1.54) is 11.9 Å². The van der Waals surface area contributed by atoms with Gasteiger partial charge in [0.15, 0.2) is 0 Å². The van der Waals surface area contributed by atoms with Crippen molar-refractivity contribution in [1.82, 2.24) is 14.5 Å². The Morgan fingerprint density at radius 1 is 1.06 bits per heavy atom. The van der Waals surface area contributed by atoms with E-state index in [9.17, 15) is 18.0 Å². The highest BCUT2D eigenvalue weighted by molar-refractivity contribution is 7.98. The summed E-state index contributed by atoms with van der Waals surface area (Å²) in [6.07, 6.45) is -2.56. The van der Waals surface area contributed by atoms with E-state index in [1.807, 2.05) is 74.6 Å². The third-order valence-corrected chi connectivity index (χ3v) is 6.28. The highest BCUT2D eigenvalue weighted by atomic mass is 35.5. The van der Waals surface area contributed by atoms with Gasteiger partial charge < -0.3 is 15.2 Å². The predicted octanol–water partition coefficient (Wildman–Crippen LogP) is 4.82. The number of carbonyl (C=O) groups is 2. The summed E-state index contributed by atoms with van der Waals surface area (Å²) in [5.41, 5.74) is 3.22. The summed E-state index contributed by atoms with van der Waals surface area (Å²) in [5, 5.41) is 17.6. The molecule has 0 aliphatic rings. The molecule has 3 rings (SSSR count). The molecule has 0 unspecified atom stereocenters. The van der Waals surface area contributed by atoms with E-state index in [-0.39, 0.29) is 17.9 Å². The molecule has 1 aromatic heterocycles. The maximum atomic E-state index is 12.5. The molecule has 1 N–H and O–H groups in total. The Hall–Kier alpha value is -2.69. The Balaban J connectivity index is 0.000000572. The van der Waals surface area contributed by atoms with Crippen LogP contribution in [0.15, 0.2) is 60.8 Å². The summed E-state index contributed by atoms with van der Waals surface area (Å²) in [4.78, 5) is 21.3. The van der Waals surface area contributed by atoms with E-state index in [1.54, 1.807) is 4.09 Å². The topological polar surface area (TPSA) is 87.0 Å². The van der Waals surface area contributed by atoms with E-state index in [0.717, 1.165) is 23.2 Å². The largest absolute Gasteiger partial charge is 0.542 e. The summed E-state index contributed by atoms with van der Waals surface area (Å²) in [7, 11) is 0. The molecule has 0 fully saturated rings. The van der Waals surface area contributed by atoms with Gasteiger partial charge in [-0.05, 0) is 73.7 Å². The third-order valence-electron chi connectivity index (χ3n) is 4.92. The molecule has 1 heterocycles. The van der Waals surface area contributed by atoms with Crippen LogP contribution in [0.3, 0.4) is 0 Å². The van der Waals surface area contributed by atoms with Gasteiger partial charge in [0.05, 0.1) is 11.4 Å². The van der Waals surface area contributed by atoms with Gasteiger partial charge in [-0.3, -0.25) is 4.79 Å². The fourth-order valence-corrected chi connectivity index (χ4v) is 4.07. The van der Waals surface area contributed by atoms with Crippen LogP contribution in [0, 0.1) is 6.92 Å². The number of benzene rings is 2. The van der Waals surface area contributed by atoms with Crippen LogP contribution in [0.1, 0.15) is 29.7 Å². The van der Waals surface area contributed by atoms with Crippen LogP contribution in [-0.4, -0.2) is 39.0 Å². The lowest BCUT2D eigenvalue weighted by Gasteiger charge is -2.26. The number of hydrogen-bond acceptors (Lipinski definition) is 5. The fraction of sp³-hybridized carbons (Fsp3) is 0.292. The summed E-state index contributed by atoms with van der Waals surface area (Å²) in [6, 6.07) is 17.5. The van der Waals surface area contributed by atoms with Crippen LogP contribution in [0.5, 0.6) is 0 Å². The minimum absolute atomic E-state index is 0.0225. The number of nitrogens with one attached hydrogen (secondary N) is 1. The molecular weight excluding hydrogens is 538 g/mol. The molecule has 0 bridgehead atoms. The molecule has 36 heavy (non-hydrogen) atoms. The lowest BCUT2D eigenvalue weighted by Crippen LogP contribution is -2.39. The second-order valence-electron chi connectivity index (χ2n) is 7.76. The Kier molecular flexibility index (Phi) is 11.1. The summed E-state index contributed by atoms with van der Waals surface area (Å²) < 4.78 is 33.3. The number of rotatable bonds is 8. The van der Waals surface area contributed by atoms with Gasteiger partial charge in [0.2, 0.25) is 5.91 Å². The van der Waals surface area contributed by atoms with E-state index in [2.05, 4.69) is 10.4 Å². The SMILES string of the molecule is Cc1ccn(SCC(=O)N[C@H](C)[C@H](Cc2ccc(Cl)cc2)c2ccc(Cl)cc2)n1.O=C([O-])C(F)(F)F. The molecule has 0 saturated carbocycles. The first-order valence-corrected chi connectivity index (χ1v) is 12.3. The van der Waals surface area contributed by atoms with E-state index < -0.39 is 12.1 Å². The maximum absolute atomic E-state index is 12.5. The van der Waals surface area contributed by atoms with Gasteiger partial charge in [-0.25, -0.2) is 4.09 Å². The van der Waals surface area contributed by atoms with Gasteiger partial charge in [-0.1, -0.05) is 47.5 Å². The zero-order chi connectivity index (χ0) is 26.9. The molecule has 12 heteroatoms. The number of carboxylic acid groups (broad SMARTS) is 1. The second kappa shape index (κ2) is 13.6. The van der Waals surface area contributed by atoms with Crippen molar-refractivity contribution in [2.45, 2.75) is 38.4 Å². The number of carbonyl (C=O) groups excluding carboxylic acids is 2. The van der Waals surface area contributed by atoms with Crippen LogP contribution < -0.4 is 10.4 Å². The van der Waals surface area contributed by atoms with Crippen LogP contribution in [0.25, 0.3) is 0 Å². The molecular formula is C24H23Cl2F3N3O3S-. The number of hydrogen-bond donors (Lipinski definition) is 1. The number of aromatic nitrogens is 2. The molecule has 2 atom stereocenters. The van der Waals surface area contributed by atoms with Crippen molar-refractivity contribution in [1.29, 1.82) is 0 Å². The van der Waals surface area contributed by atoms with Crippen molar-refractivity contribution in [2.75, 3.05) is 5.75 Å². The van der Waals surface area contributed by atoms with Crippen molar-refractivity contribution >= 4 is 47.0 Å². The summed E-state index contributed by atoms with van der Waals surface area (Å²) in [5.74, 6) is -2.62. The summed E-state index contributed by atoms with van der Waals surface area (Å²) >= 11 is 13.5. The Morgan fingerprint density at radius 2 is 1.58 bits per heavy atom. The number of halogens is 5. The highest BCUT2D eigenvalue weighted by Crippen LogP contribution is 2.27. The molecule has 0 saturated heterocycles. The normalized spacial score (nSPS) is 12.8. The lowest BCUT2D eigenvalue weighted by atomic mass is 9.86. The molecule has 6 nitrogen and oxygen atoms in total.